The maximum Gasteiger partial charge on any atom is 0.178 e. The standard InChI is InChI=1S/C16H22N2O2S/c19-21(20)10-7-14(13-3-1-2-4-16(13)21)17-15-11-18-8-5-12(15)6-9-18/h1-4,12,14-15,17H,5-11H2. The van der Waals surface area contributed by atoms with Gasteiger partial charge < -0.3 is 10.2 Å². The molecule has 0 spiro atoms. The minimum atomic E-state index is -3.08. The Hall–Kier alpha value is -0.910. The van der Waals surface area contributed by atoms with E-state index in [1.807, 2.05) is 18.2 Å². The van der Waals surface area contributed by atoms with Crippen molar-refractivity contribution in [2.45, 2.75) is 36.2 Å². The van der Waals surface area contributed by atoms with Crippen LogP contribution in [0.15, 0.2) is 29.2 Å². The molecule has 1 aromatic rings. The van der Waals surface area contributed by atoms with Crippen molar-refractivity contribution < 1.29 is 8.42 Å². The first-order valence-electron chi connectivity index (χ1n) is 7.93. The highest BCUT2D eigenvalue weighted by molar-refractivity contribution is 7.91. The van der Waals surface area contributed by atoms with E-state index in [0.717, 1.165) is 18.0 Å². The summed E-state index contributed by atoms with van der Waals surface area (Å²) in [6.07, 6.45) is 3.26. The van der Waals surface area contributed by atoms with Crippen LogP contribution >= 0.6 is 0 Å². The number of nitrogens with zero attached hydrogens (tertiary/aromatic N) is 1. The van der Waals surface area contributed by atoms with E-state index in [-0.39, 0.29) is 11.8 Å². The molecule has 5 heteroatoms. The smallest absolute Gasteiger partial charge is 0.178 e. The fourth-order valence-electron chi connectivity index (χ4n) is 4.18. The normalized spacial score (nSPS) is 37.1. The Morgan fingerprint density at radius 2 is 1.86 bits per heavy atom. The highest BCUT2D eigenvalue weighted by atomic mass is 32.2. The lowest BCUT2D eigenvalue weighted by molar-refractivity contribution is 0.0663. The zero-order valence-corrected chi connectivity index (χ0v) is 13.0. The molecule has 4 aliphatic heterocycles. The van der Waals surface area contributed by atoms with Crippen LogP contribution in [0.4, 0.5) is 0 Å². The van der Waals surface area contributed by atoms with Crippen molar-refractivity contribution in [3.05, 3.63) is 29.8 Å². The average Bonchev–Trinajstić information content (AvgIpc) is 2.52. The number of hydrogen-bond acceptors (Lipinski definition) is 4. The number of rotatable bonds is 2. The summed E-state index contributed by atoms with van der Waals surface area (Å²) < 4.78 is 24.4. The van der Waals surface area contributed by atoms with Gasteiger partial charge >= 0.3 is 0 Å². The molecular weight excluding hydrogens is 284 g/mol. The third kappa shape index (κ3) is 2.41. The lowest BCUT2D eigenvalue weighted by Crippen LogP contribution is -2.57. The summed E-state index contributed by atoms with van der Waals surface area (Å²) in [5, 5.41) is 3.78. The molecule has 1 aromatic carbocycles. The van der Waals surface area contributed by atoms with Gasteiger partial charge in [-0.05, 0) is 49.9 Å². The molecule has 3 saturated heterocycles. The van der Waals surface area contributed by atoms with Crippen LogP contribution in [-0.4, -0.2) is 44.7 Å². The van der Waals surface area contributed by atoms with E-state index in [1.165, 1.54) is 25.9 Å². The molecule has 5 rings (SSSR count). The number of piperidine rings is 3. The van der Waals surface area contributed by atoms with Gasteiger partial charge in [0.15, 0.2) is 9.84 Å². The van der Waals surface area contributed by atoms with Crippen LogP contribution in [0.25, 0.3) is 0 Å². The van der Waals surface area contributed by atoms with E-state index in [1.54, 1.807) is 6.07 Å². The number of nitrogens with one attached hydrogen (secondary N) is 1. The summed E-state index contributed by atoms with van der Waals surface area (Å²) in [6, 6.07) is 8.22. The highest BCUT2D eigenvalue weighted by Crippen LogP contribution is 2.35. The molecule has 114 valence electrons. The van der Waals surface area contributed by atoms with Crippen molar-refractivity contribution in [1.82, 2.24) is 10.2 Å². The zero-order valence-electron chi connectivity index (χ0n) is 12.2. The van der Waals surface area contributed by atoms with Gasteiger partial charge in [-0.1, -0.05) is 18.2 Å². The Labute approximate surface area is 126 Å². The molecule has 4 heterocycles. The number of hydrogen-bond donors (Lipinski definition) is 1. The molecule has 1 N–H and O–H groups in total. The summed E-state index contributed by atoms with van der Waals surface area (Å²) >= 11 is 0. The largest absolute Gasteiger partial charge is 0.306 e. The van der Waals surface area contributed by atoms with Crippen molar-refractivity contribution in [2.75, 3.05) is 25.4 Å². The molecule has 3 fully saturated rings. The fraction of sp³-hybridized carbons (Fsp3) is 0.625. The summed E-state index contributed by atoms with van der Waals surface area (Å²) in [6.45, 7) is 3.59. The number of benzene rings is 1. The van der Waals surface area contributed by atoms with Gasteiger partial charge in [0, 0.05) is 18.6 Å². The van der Waals surface area contributed by atoms with Crippen molar-refractivity contribution in [2.24, 2.45) is 5.92 Å². The summed E-state index contributed by atoms with van der Waals surface area (Å²) in [5.74, 6) is 1.03. The monoisotopic (exact) mass is 306 g/mol. The van der Waals surface area contributed by atoms with Crippen LogP contribution in [0.3, 0.4) is 0 Å². The van der Waals surface area contributed by atoms with E-state index in [4.69, 9.17) is 0 Å². The van der Waals surface area contributed by atoms with Crippen molar-refractivity contribution in [3.63, 3.8) is 0 Å². The Kier molecular flexibility index (Phi) is 3.32. The topological polar surface area (TPSA) is 49.4 Å². The molecule has 0 aliphatic carbocycles. The summed E-state index contributed by atoms with van der Waals surface area (Å²) in [4.78, 5) is 3.07. The second kappa shape index (κ2) is 5.07. The molecule has 0 amide bonds. The van der Waals surface area contributed by atoms with Crippen LogP contribution in [0, 0.1) is 5.92 Å². The molecular formula is C16H22N2O2S. The maximum absolute atomic E-state index is 12.2. The van der Waals surface area contributed by atoms with Crippen molar-refractivity contribution >= 4 is 9.84 Å². The van der Waals surface area contributed by atoms with Gasteiger partial charge in [0.05, 0.1) is 10.6 Å². The predicted octanol–water partition coefficient (Wildman–Crippen LogP) is 1.59. The lowest BCUT2D eigenvalue weighted by Gasteiger charge is -2.46. The Morgan fingerprint density at radius 3 is 2.57 bits per heavy atom. The zero-order chi connectivity index (χ0) is 14.4. The lowest BCUT2D eigenvalue weighted by atomic mass is 9.83. The van der Waals surface area contributed by atoms with Crippen LogP contribution in [-0.2, 0) is 9.84 Å². The van der Waals surface area contributed by atoms with Crippen LogP contribution in [0.5, 0.6) is 0 Å². The van der Waals surface area contributed by atoms with E-state index in [9.17, 15) is 8.42 Å². The minimum absolute atomic E-state index is 0.190. The second-order valence-electron chi connectivity index (χ2n) is 6.61. The number of fused-ring (bicyclic) bond motifs is 4. The first-order valence-corrected chi connectivity index (χ1v) is 9.59. The molecule has 2 atom stereocenters. The summed E-state index contributed by atoms with van der Waals surface area (Å²) in [7, 11) is -3.08. The van der Waals surface area contributed by atoms with E-state index >= 15 is 0 Å². The van der Waals surface area contributed by atoms with Crippen LogP contribution in [0.2, 0.25) is 0 Å². The van der Waals surface area contributed by atoms with Gasteiger partial charge in [-0.15, -0.1) is 0 Å². The first-order chi connectivity index (χ1) is 10.1. The third-order valence-corrected chi connectivity index (χ3v) is 7.19. The van der Waals surface area contributed by atoms with Gasteiger partial charge in [-0.2, -0.15) is 0 Å². The third-order valence-electron chi connectivity index (χ3n) is 5.38. The molecule has 4 nitrogen and oxygen atoms in total. The van der Waals surface area contributed by atoms with Gasteiger partial charge in [-0.3, -0.25) is 0 Å². The Morgan fingerprint density at radius 1 is 1.10 bits per heavy atom. The van der Waals surface area contributed by atoms with Gasteiger partial charge in [-0.25, -0.2) is 8.42 Å². The molecule has 21 heavy (non-hydrogen) atoms. The average molecular weight is 306 g/mol. The summed E-state index contributed by atoms with van der Waals surface area (Å²) in [5.41, 5.74) is 0.972. The molecule has 2 bridgehead atoms. The van der Waals surface area contributed by atoms with Gasteiger partial charge in [0.2, 0.25) is 0 Å². The Bertz CT molecular complexity index is 635. The van der Waals surface area contributed by atoms with Gasteiger partial charge in [0.1, 0.15) is 0 Å². The van der Waals surface area contributed by atoms with E-state index < -0.39 is 9.84 Å². The molecule has 0 saturated carbocycles. The molecule has 2 unspecified atom stereocenters. The second-order valence-corrected chi connectivity index (χ2v) is 8.69. The molecule has 4 aliphatic rings. The van der Waals surface area contributed by atoms with Gasteiger partial charge in [0.25, 0.3) is 0 Å². The highest BCUT2D eigenvalue weighted by Gasteiger charge is 2.37. The number of sulfone groups is 1. The maximum atomic E-state index is 12.2. The van der Waals surface area contributed by atoms with E-state index in [0.29, 0.717) is 17.4 Å². The molecule has 0 radical (unpaired) electrons. The Balaban J connectivity index is 1.59. The van der Waals surface area contributed by atoms with E-state index in [2.05, 4.69) is 10.2 Å². The molecule has 0 aromatic heterocycles. The SMILES string of the molecule is O=S1(=O)CCC(NC2CN3CCC2CC3)c2ccccc21. The minimum Gasteiger partial charge on any atom is -0.306 e. The predicted molar refractivity (Wildman–Crippen MR) is 81.9 cm³/mol. The van der Waals surface area contributed by atoms with Crippen molar-refractivity contribution in [3.8, 4) is 0 Å². The first kappa shape index (κ1) is 13.7. The van der Waals surface area contributed by atoms with Crippen LogP contribution in [0.1, 0.15) is 30.9 Å². The quantitative estimate of drug-likeness (QED) is 0.901. The fourth-order valence-corrected chi connectivity index (χ4v) is 5.80. The van der Waals surface area contributed by atoms with Crippen LogP contribution < -0.4 is 5.32 Å². The van der Waals surface area contributed by atoms with Crippen molar-refractivity contribution in [1.29, 1.82) is 0 Å².